The zero-order chi connectivity index (χ0) is 13.0. The zero-order valence-electron chi connectivity index (χ0n) is 9.97. The van der Waals surface area contributed by atoms with Crippen LogP contribution in [-0.4, -0.2) is 22.4 Å². The lowest BCUT2D eigenvalue weighted by atomic mass is 10.2. The number of aromatic nitrogens is 2. The summed E-state index contributed by atoms with van der Waals surface area (Å²) in [7, 11) is 0. The van der Waals surface area contributed by atoms with Gasteiger partial charge < -0.3 is 4.74 Å². The van der Waals surface area contributed by atoms with Crippen LogP contribution in [-0.2, 0) is 11.3 Å². The number of carbonyl (C=O) groups excluding carboxylic acids is 1. The van der Waals surface area contributed by atoms with Crippen LogP contribution in [0.25, 0.3) is 0 Å². The molecule has 4 nitrogen and oxygen atoms in total. The summed E-state index contributed by atoms with van der Waals surface area (Å²) in [6, 6.07) is 6.26. The molecule has 0 saturated heterocycles. The van der Waals surface area contributed by atoms with Crippen molar-refractivity contribution in [1.82, 2.24) is 9.78 Å². The Bertz CT molecular complexity index is 551. The fourth-order valence-electron chi connectivity index (χ4n) is 1.59. The maximum Gasteiger partial charge on any atom is 0.341 e. The highest BCUT2D eigenvalue weighted by Crippen LogP contribution is 2.07. The summed E-state index contributed by atoms with van der Waals surface area (Å²) in [6.07, 6.45) is 3.03. The summed E-state index contributed by atoms with van der Waals surface area (Å²) in [5, 5.41) is 4.04. The van der Waals surface area contributed by atoms with Crippen LogP contribution >= 0.6 is 0 Å². The SMILES string of the molecule is CCOC(=O)c1cnn(Cc2cccc(F)c2)c1. The summed E-state index contributed by atoms with van der Waals surface area (Å²) >= 11 is 0. The van der Waals surface area contributed by atoms with E-state index in [1.54, 1.807) is 29.9 Å². The van der Waals surface area contributed by atoms with E-state index in [0.717, 1.165) is 5.56 Å². The summed E-state index contributed by atoms with van der Waals surface area (Å²) in [5.41, 5.74) is 1.18. The van der Waals surface area contributed by atoms with Crippen molar-refractivity contribution in [3.05, 3.63) is 53.6 Å². The highest BCUT2D eigenvalue weighted by Gasteiger charge is 2.09. The quantitative estimate of drug-likeness (QED) is 0.779. The van der Waals surface area contributed by atoms with Gasteiger partial charge in [0.25, 0.3) is 0 Å². The molecule has 0 unspecified atom stereocenters. The Labute approximate surface area is 104 Å². The summed E-state index contributed by atoms with van der Waals surface area (Å²) in [5.74, 6) is -0.687. The molecule has 94 valence electrons. The smallest absolute Gasteiger partial charge is 0.341 e. The van der Waals surface area contributed by atoms with Gasteiger partial charge in [-0.1, -0.05) is 12.1 Å². The first-order chi connectivity index (χ1) is 8.69. The lowest BCUT2D eigenvalue weighted by Crippen LogP contribution is -2.04. The van der Waals surface area contributed by atoms with Gasteiger partial charge in [0.15, 0.2) is 0 Å². The molecule has 2 rings (SSSR count). The van der Waals surface area contributed by atoms with Gasteiger partial charge in [-0.2, -0.15) is 5.10 Å². The third-order valence-corrected chi connectivity index (χ3v) is 2.38. The molecule has 0 spiro atoms. The minimum absolute atomic E-state index is 0.287. The molecule has 0 aliphatic rings. The van der Waals surface area contributed by atoms with Gasteiger partial charge in [0.05, 0.1) is 24.9 Å². The van der Waals surface area contributed by atoms with Crippen LogP contribution < -0.4 is 0 Å². The Hall–Kier alpha value is -2.17. The van der Waals surface area contributed by atoms with Crippen molar-refractivity contribution < 1.29 is 13.9 Å². The molecular formula is C13H13FN2O2. The van der Waals surface area contributed by atoms with Crippen LogP contribution in [0.15, 0.2) is 36.7 Å². The Kier molecular flexibility index (Phi) is 3.72. The monoisotopic (exact) mass is 248 g/mol. The maximum absolute atomic E-state index is 13.0. The van der Waals surface area contributed by atoms with E-state index in [1.165, 1.54) is 18.3 Å². The number of halogens is 1. The van der Waals surface area contributed by atoms with E-state index in [-0.39, 0.29) is 5.82 Å². The Morgan fingerprint density at radius 1 is 1.50 bits per heavy atom. The van der Waals surface area contributed by atoms with E-state index in [1.807, 2.05) is 0 Å². The highest BCUT2D eigenvalue weighted by atomic mass is 19.1. The lowest BCUT2D eigenvalue weighted by molar-refractivity contribution is 0.0526. The van der Waals surface area contributed by atoms with E-state index >= 15 is 0 Å². The van der Waals surface area contributed by atoms with Crippen LogP contribution in [0.1, 0.15) is 22.8 Å². The molecule has 0 saturated carbocycles. The van der Waals surface area contributed by atoms with Crippen LogP contribution in [0.3, 0.4) is 0 Å². The van der Waals surface area contributed by atoms with E-state index in [2.05, 4.69) is 5.10 Å². The van der Waals surface area contributed by atoms with Crippen LogP contribution in [0.4, 0.5) is 4.39 Å². The molecule has 1 aromatic heterocycles. The fraction of sp³-hybridized carbons (Fsp3) is 0.231. The minimum atomic E-state index is -0.400. The summed E-state index contributed by atoms with van der Waals surface area (Å²) < 4.78 is 19.4. The molecule has 1 heterocycles. The zero-order valence-corrected chi connectivity index (χ0v) is 9.97. The van der Waals surface area contributed by atoms with Crippen LogP contribution in [0.5, 0.6) is 0 Å². The average molecular weight is 248 g/mol. The molecule has 0 aliphatic heterocycles. The Morgan fingerprint density at radius 3 is 3.06 bits per heavy atom. The van der Waals surface area contributed by atoms with Crippen molar-refractivity contribution in [1.29, 1.82) is 0 Å². The maximum atomic E-state index is 13.0. The van der Waals surface area contributed by atoms with Crippen molar-refractivity contribution in [2.75, 3.05) is 6.61 Å². The number of rotatable bonds is 4. The molecule has 0 bridgehead atoms. The topological polar surface area (TPSA) is 44.1 Å². The Balaban J connectivity index is 2.09. The average Bonchev–Trinajstić information content (AvgIpc) is 2.78. The molecule has 5 heteroatoms. The molecule has 0 radical (unpaired) electrons. The van der Waals surface area contributed by atoms with Gasteiger partial charge in [-0.3, -0.25) is 4.68 Å². The third-order valence-electron chi connectivity index (χ3n) is 2.38. The normalized spacial score (nSPS) is 10.3. The van der Waals surface area contributed by atoms with E-state index in [9.17, 15) is 9.18 Å². The number of carbonyl (C=O) groups is 1. The predicted molar refractivity (Wildman–Crippen MR) is 63.7 cm³/mol. The van der Waals surface area contributed by atoms with Crippen molar-refractivity contribution in [2.24, 2.45) is 0 Å². The van der Waals surface area contributed by atoms with Crippen molar-refractivity contribution in [3.8, 4) is 0 Å². The number of hydrogen-bond acceptors (Lipinski definition) is 3. The molecule has 2 aromatic rings. The van der Waals surface area contributed by atoms with Gasteiger partial charge in [0.2, 0.25) is 0 Å². The van der Waals surface area contributed by atoms with Gasteiger partial charge in [-0.15, -0.1) is 0 Å². The molecular weight excluding hydrogens is 235 g/mol. The first-order valence-electron chi connectivity index (χ1n) is 5.63. The standard InChI is InChI=1S/C13H13FN2O2/c1-2-18-13(17)11-7-15-16(9-11)8-10-4-3-5-12(14)6-10/h3-7,9H,2,8H2,1H3. The van der Waals surface area contributed by atoms with Gasteiger partial charge in [0, 0.05) is 6.20 Å². The second-order valence-corrected chi connectivity index (χ2v) is 3.78. The molecule has 0 fully saturated rings. The third kappa shape index (κ3) is 2.94. The van der Waals surface area contributed by atoms with Crippen molar-refractivity contribution >= 4 is 5.97 Å². The second-order valence-electron chi connectivity index (χ2n) is 3.78. The number of nitrogens with zero attached hydrogens (tertiary/aromatic N) is 2. The second kappa shape index (κ2) is 5.44. The van der Waals surface area contributed by atoms with Gasteiger partial charge in [-0.25, -0.2) is 9.18 Å². The van der Waals surface area contributed by atoms with Crippen molar-refractivity contribution in [3.63, 3.8) is 0 Å². The highest BCUT2D eigenvalue weighted by molar-refractivity contribution is 5.88. The minimum Gasteiger partial charge on any atom is -0.462 e. The fourth-order valence-corrected chi connectivity index (χ4v) is 1.59. The van der Waals surface area contributed by atoms with Gasteiger partial charge >= 0.3 is 5.97 Å². The molecule has 0 aliphatic carbocycles. The predicted octanol–water partition coefficient (Wildman–Crippen LogP) is 2.25. The molecule has 0 N–H and O–H groups in total. The van der Waals surface area contributed by atoms with E-state index in [4.69, 9.17) is 4.74 Å². The van der Waals surface area contributed by atoms with E-state index < -0.39 is 5.97 Å². The number of hydrogen-bond donors (Lipinski definition) is 0. The van der Waals surface area contributed by atoms with Crippen LogP contribution in [0, 0.1) is 5.82 Å². The Morgan fingerprint density at radius 2 is 2.33 bits per heavy atom. The molecule has 0 atom stereocenters. The summed E-state index contributed by atoms with van der Waals surface area (Å²) in [4.78, 5) is 11.4. The first-order valence-corrected chi connectivity index (χ1v) is 5.63. The summed E-state index contributed by atoms with van der Waals surface area (Å²) in [6.45, 7) is 2.49. The van der Waals surface area contributed by atoms with Crippen LogP contribution in [0.2, 0.25) is 0 Å². The number of esters is 1. The molecule has 18 heavy (non-hydrogen) atoms. The van der Waals surface area contributed by atoms with Gasteiger partial charge in [0.1, 0.15) is 5.82 Å². The molecule has 0 amide bonds. The van der Waals surface area contributed by atoms with Gasteiger partial charge in [-0.05, 0) is 24.6 Å². The van der Waals surface area contributed by atoms with Crippen molar-refractivity contribution in [2.45, 2.75) is 13.5 Å². The largest absolute Gasteiger partial charge is 0.462 e. The first kappa shape index (κ1) is 12.3. The number of ether oxygens (including phenoxy) is 1. The lowest BCUT2D eigenvalue weighted by Gasteiger charge is -2.01. The number of benzene rings is 1. The van der Waals surface area contributed by atoms with E-state index in [0.29, 0.717) is 18.7 Å². The molecule has 1 aromatic carbocycles.